The molecule has 3 amide bonds. The highest BCUT2D eigenvalue weighted by molar-refractivity contribution is 5.93. The van der Waals surface area contributed by atoms with E-state index in [-0.39, 0.29) is 17.7 Å². The van der Waals surface area contributed by atoms with Crippen molar-refractivity contribution in [3.05, 3.63) is 35.9 Å². The average molecular weight is 447 g/mol. The summed E-state index contributed by atoms with van der Waals surface area (Å²) in [7, 11) is 1.65. The molecular weight excluding hydrogens is 408 g/mol. The van der Waals surface area contributed by atoms with E-state index in [9.17, 15) is 19.5 Å². The van der Waals surface area contributed by atoms with Crippen molar-refractivity contribution < 1.29 is 19.5 Å². The van der Waals surface area contributed by atoms with Gasteiger partial charge < -0.3 is 26.0 Å². The van der Waals surface area contributed by atoms with E-state index in [1.165, 1.54) is 11.8 Å². The average Bonchev–Trinajstić information content (AvgIpc) is 3.22. The van der Waals surface area contributed by atoms with Crippen molar-refractivity contribution in [3.8, 4) is 0 Å². The summed E-state index contributed by atoms with van der Waals surface area (Å²) >= 11 is 0. The lowest BCUT2D eigenvalue weighted by atomic mass is 9.93. The molecule has 0 spiro atoms. The van der Waals surface area contributed by atoms with Crippen molar-refractivity contribution in [1.29, 1.82) is 0 Å². The minimum absolute atomic E-state index is 0.172. The van der Waals surface area contributed by atoms with Gasteiger partial charge >= 0.3 is 0 Å². The van der Waals surface area contributed by atoms with Crippen LogP contribution in [0.25, 0.3) is 0 Å². The molecule has 0 aliphatic carbocycles. The number of hydrogen-bond donors (Lipinski definition) is 4. The van der Waals surface area contributed by atoms with E-state index < -0.39 is 30.1 Å². The number of rotatable bonds is 10. The quantitative estimate of drug-likeness (QED) is 0.423. The summed E-state index contributed by atoms with van der Waals surface area (Å²) < 4.78 is 0. The first-order valence-electron chi connectivity index (χ1n) is 11.4. The summed E-state index contributed by atoms with van der Waals surface area (Å²) in [5, 5.41) is 18.6. The molecule has 178 valence electrons. The van der Waals surface area contributed by atoms with E-state index in [1.54, 1.807) is 14.0 Å². The predicted molar refractivity (Wildman–Crippen MR) is 124 cm³/mol. The molecular formula is C24H38N4O4. The molecule has 1 aliphatic rings. The zero-order chi connectivity index (χ0) is 23.8. The number of likely N-dealkylation sites (tertiary alicyclic amines) is 1. The van der Waals surface area contributed by atoms with Crippen LogP contribution in [0, 0.1) is 11.8 Å². The van der Waals surface area contributed by atoms with Gasteiger partial charge in [-0.25, -0.2) is 0 Å². The van der Waals surface area contributed by atoms with E-state index in [2.05, 4.69) is 29.8 Å². The molecule has 8 nitrogen and oxygen atoms in total. The van der Waals surface area contributed by atoms with Gasteiger partial charge in [0.1, 0.15) is 12.1 Å². The van der Waals surface area contributed by atoms with Gasteiger partial charge in [-0.1, -0.05) is 44.2 Å². The first-order valence-corrected chi connectivity index (χ1v) is 11.4. The Morgan fingerprint density at radius 2 is 1.78 bits per heavy atom. The normalized spacial score (nSPS) is 21.2. The lowest BCUT2D eigenvalue weighted by Crippen LogP contribution is -2.59. The zero-order valence-corrected chi connectivity index (χ0v) is 19.8. The number of hydrogen-bond acceptors (Lipinski definition) is 5. The number of carbonyl (C=O) groups is 3. The Morgan fingerprint density at radius 1 is 1.12 bits per heavy atom. The molecule has 1 heterocycles. The third-order valence-electron chi connectivity index (χ3n) is 6.29. The topological polar surface area (TPSA) is 111 Å². The van der Waals surface area contributed by atoms with E-state index in [0.717, 1.165) is 5.56 Å². The predicted octanol–water partition coefficient (Wildman–Crippen LogP) is 0.692. The van der Waals surface area contributed by atoms with Crippen LogP contribution >= 0.6 is 0 Å². The van der Waals surface area contributed by atoms with Crippen molar-refractivity contribution in [2.45, 2.75) is 64.8 Å². The molecule has 0 saturated carbocycles. The highest BCUT2D eigenvalue weighted by atomic mass is 16.3. The molecule has 32 heavy (non-hydrogen) atoms. The highest BCUT2D eigenvalue weighted by Crippen LogP contribution is 2.30. The third-order valence-corrected chi connectivity index (χ3v) is 6.29. The minimum Gasteiger partial charge on any atom is -0.391 e. The Morgan fingerprint density at radius 3 is 2.34 bits per heavy atom. The van der Waals surface area contributed by atoms with Gasteiger partial charge in [0.2, 0.25) is 17.7 Å². The molecule has 1 aromatic rings. The summed E-state index contributed by atoms with van der Waals surface area (Å²) in [6, 6.07) is 7.65. The van der Waals surface area contributed by atoms with E-state index in [0.29, 0.717) is 31.8 Å². The Hall–Kier alpha value is -2.45. The van der Waals surface area contributed by atoms with Crippen LogP contribution in [-0.4, -0.2) is 72.1 Å². The van der Waals surface area contributed by atoms with Crippen molar-refractivity contribution >= 4 is 17.7 Å². The third kappa shape index (κ3) is 6.77. The molecule has 1 fully saturated rings. The number of likely N-dealkylation sites (N-methyl/N-ethyl adjacent to an activating group) is 1. The molecule has 1 aromatic carbocycles. The summed E-state index contributed by atoms with van der Waals surface area (Å²) in [4.78, 5) is 40.3. The maximum absolute atomic E-state index is 13.4. The second kappa shape index (κ2) is 12.0. The number of aliphatic hydroxyl groups is 1. The summed E-state index contributed by atoms with van der Waals surface area (Å²) in [5.41, 5.74) is 1.13. The summed E-state index contributed by atoms with van der Waals surface area (Å²) in [6.45, 7) is 8.19. The Labute approximate surface area is 191 Å². The Bertz CT molecular complexity index is 769. The van der Waals surface area contributed by atoms with Crippen LogP contribution in [0.15, 0.2) is 30.3 Å². The number of carbonyl (C=O) groups excluding carboxylic acids is 3. The van der Waals surface area contributed by atoms with Crippen LogP contribution in [-0.2, 0) is 20.8 Å². The van der Waals surface area contributed by atoms with Crippen molar-refractivity contribution in [2.24, 2.45) is 11.8 Å². The molecule has 0 bridgehead atoms. The second-order valence-corrected chi connectivity index (χ2v) is 9.01. The molecule has 0 radical (unpaired) electrons. The van der Waals surface area contributed by atoms with Gasteiger partial charge in [-0.15, -0.1) is 0 Å². The number of amides is 3. The monoisotopic (exact) mass is 446 g/mol. The minimum atomic E-state index is -1.11. The summed E-state index contributed by atoms with van der Waals surface area (Å²) in [6.07, 6.45) is 0.179. The van der Waals surface area contributed by atoms with Gasteiger partial charge in [0.15, 0.2) is 0 Å². The van der Waals surface area contributed by atoms with Gasteiger partial charge in [0, 0.05) is 13.1 Å². The van der Waals surface area contributed by atoms with Crippen LogP contribution in [0.2, 0.25) is 0 Å². The first-order chi connectivity index (χ1) is 15.1. The maximum atomic E-state index is 13.4. The fourth-order valence-corrected chi connectivity index (χ4v) is 3.91. The van der Waals surface area contributed by atoms with Crippen molar-refractivity contribution in [2.75, 3.05) is 20.1 Å². The van der Waals surface area contributed by atoms with Gasteiger partial charge in [-0.05, 0) is 51.1 Å². The molecule has 0 aromatic heterocycles. The maximum Gasteiger partial charge on any atom is 0.248 e. The van der Waals surface area contributed by atoms with Gasteiger partial charge in [0.05, 0.1) is 12.1 Å². The van der Waals surface area contributed by atoms with Crippen LogP contribution < -0.4 is 16.0 Å². The fourth-order valence-electron chi connectivity index (χ4n) is 3.91. The van der Waals surface area contributed by atoms with Crippen LogP contribution in [0.4, 0.5) is 0 Å². The lowest BCUT2D eigenvalue weighted by molar-refractivity contribution is -0.144. The Kier molecular flexibility index (Phi) is 9.65. The number of aliphatic hydroxyl groups excluding tert-OH is 1. The number of nitrogens with one attached hydrogen (secondary N) is 3. The van der Waals surface area contributed by atoms with Crippen molar-refractivity contribution in [3.63, 3.8) is 0 Å². The fraction of sp³-hybridized carbons (Fsp3) is 0.625. The van der Waals surface area contributed by atoms with Crippen molar-refractivity contribution in [1.82, 2.24) is 20.9 Å². The van der Waals surface area contributed by atoms with Crippen LogP contribution in [0.1, 0.15) is 39.7 Å². The van der Waals surface area contributed by atoms with E-state index in [1.807, 2.05) is 30.3 Å². The summed E-state index contributed by atoms with van der Waals surface area (Å²) in [5.74, 6) is -0.531. The van der Waals surface area contributed by atoms with E-state index in [4.69, 9.17) is 0 Å². The molecule has 8 heteroatoms. The lowest BCUT2D eigenvalue weighted by Gasteiger charge is -2.30. The van der Waals surface area contributed by atoms with Gasteiger partial charge in [0.25, 0.3) is 0 Å². The molecule has 1 aliphatic heterocycles. The Balaban J connectivity index is 2.10. The van der Waals surface area contributed by atoms with E-state index >= 15 is 0 Å². The second-order valence-electron chi connectivity index (χ2n) is 9.01. The standard InChI is InChI=1S/C24H38N4O4/c1-15(2)19-13-20(23(31)26-12-11-18-9-7-6-8-10-18)28(14-19)24(32)21(17(4)29)27-22(30)16(3)25-5/h6-10,15-17,19-21,25,29H,11-14H2,1-5H3,(H,26,31)(H,27,30)/t16-,17-,19-,20-,21-/m0/s1. The zero-order valence-electron chi connectivity index (χ0n) is 19.8. The van der Waals surface area contributed by atoms with Crippen LogP contribution in [0.3, 0.4) is 0 Å². The first kappa shape index (κ1) is 25.8. The molecule has 1 saturated heterocycles. The molecule has 0 unspecified atom stereocenters. The highest BCUT2D eigenvalue weighted by Gasteiger charge is 2.43. The SMILES string of the molecule is CN[C@@H](C)C(=O)N[C@H](C(=O)N1C[C@@H](C(C)C)C[C@H]1C(=O)NCCc1ccccc1)[C@H](C)O. The van der Waals surface area contributed by atoms with Gasteiger partial charge in [-0.2, -0.15) is 0 Å². The number of benzene rings is 1. The molecule has 4 N–H and O–H groups in total. The number of nitrogens with zero attached hydrogens (tertiary/aromatic N) is 1. The largest absolute Gasteiger partial charge is 0.391 e. The molecule has 5 atom stereocenters. The molecule has 2 rings (SSSR count). The van der Waals surface area contributed by atoms with Crippen LogP contribution in [0.5, 0.6) is 0 Å². The smallest absolute Gasteiger partial charge is 0.248 e. The van der Waals surface area contributed by atoms with Gasteiger partial charge in [-0.3, -0.25) is 14.4 Å².